The van der Waals surface area contributed by atoms with Crippen molar-refractivity contribution in [2.24, 2.45) is 5.73 Å². The number of hydrogen-bond acceptors (Lipinski definition) is 3. The first-order valence-corrected chi connectivity index (χ1v) is 9.63. The summed E-state index contributed by atoms with van der Waals surface area (Å²) in [6, 6.07) is 6.16. The first-order valence-electron chi connectivity index (χ1n) is 6.46. The highest BCUT2D eigenvalue weighted by atomic mass is 79.9. The lowest BCUT2D eigenvalue weighted by Crippen LogP contribution is -2.21. The molecule has 0 saturated heterocycles. The van der Waals surface area contributed by atoms with Crippen LogP contribution >= 0.6 is 63.7 Å². The quantitative estimate of drug-likeness (QED) is 0.347. The summed E-state index contributed by atoms with van der Waals surface area (Å²) < 4.78 is 1.33. The fourth-order valence-electron chi connectivity index (χ4n) is 2.04. The lowest BCUT2D eigenvalue weighted by atomic mass is 10.1. The number of hydrogen-bond donors (Lipinski definition) is 3. The Morgan fingerprint density at radius 1 is 0.880 bits per heavy atom. The van der Waals surface area contributed by atoms with E-state index in [0.29, 0.717) is 8.95 Å². The standard InChI is InChI=1S/C15H8Br4N2O4/c16-9-7(8(15(24)25)10(17)12(19)11(9)18)14(23)21-6-4-2-1-3-5(6)13(20)22/h1-4H,(H2,20,22)(H,21,23)(H,24,25). The van der Waals surface area contributed by atoms with Crippen molar-refractivity contribution in [3.63, 3.8) is 0 Å². The van der Waals surface area contributed by atoms with Gasteiger partial charge in [-0.2, -0.15) is 0 Å². The molecule has 0 atom stereocenters. The zero-order valence-corrected chi connectivity index (χ0v) is 18.4. The highest BCUT2D eigenvalue weighted by Crippen LogP contribution is 2.42. The van der Waals surface area contributed by atoms with Crippen molar-refractivity contribution in [2.45, 2.75) is 0 Å². The number of anilines is 1. The molecule has 0 aromatic heterocycles. The number of carboxylic acids is 1. The molecule has 2 amide bonds. The number of nitrogens with one attached hydrogen (secondary N) is 1. The van der Waals surface area contributed by atoms with Crippen molar-refractivity contribution in [3.05, 3.63) is 58.8 Å². The third-order valence-corrected chi connectivity index (χ3v) is 7.92. The summed E-state index contributed by atoms with van der Waals surface area (Å²) in [7, 11) is 0. The van der Waals surface area contributed by atoms with Gasteiger partial charge in [-0.15, -0.1) is 0 Å². The number of amides is 2. The average molecular weight is 600 g/mol. The van der Waals surface area contributed by atoms with Crippen molar-refractivity contribution in [1.82, 2.24) is 0 Å². The van der Waals surface area contributed by atoms with E-state index >= 15 is 0 Å². The number of halogens is 4. The minimum absolute atomic E-state index is 0.110. The topological polar surface area (TPSA) is 109 Å². The molecule has 0 heterocycles. The van der Waals surface area contributed by atoms with E-state index in [9.17, 15) is 19.5 Å². The van der Waals surface area contributed by atoms with Crippen molar-refractivity contribution >= 4 is 87.2 Å². The van der Waals surface area contributed by atoms with Crippen LogP contribution in [0.25, 0.3) is 0 Å². The molecule has 2 aromatic carbocycles. The summed E-state index contributed by atoms with van der Waals surface area (Å²) in [6.07, 6.45) is 0. The molecular weight excluding hydrogens is 592 g/mol. The van der Waals surface area contributed by atoms with E-state index in [1.165, 1.54) is 12.1 Å². The molecule has 6 nitrogen and oxygen atoms in total. The lowest BCUT2D eigenvalue weighted by Gasteiger charge is -2.15. The molecule has 0 saturated carbocycles. The molecule has 0 spiro atoms. The summed E-state index contributed by atoms with van der Waals surface area (Å²) >= 11 is 12.9. The van der Waals surface area contributed by atoms with Gasteiger partial charge in [0.1, 0.15) is 0 Å². The Bertz CT molecular complexity index is 915. The van der Waals surface area contributed by atoms with Crippen LogP contribution in [-0.2, 0) is 0 Å². The summed E-state index contributed by atoms with van der Waals surface area (Å²) in [5, 5.41) is 12.0. The van der Waals surface area contributed by atoms with Gasteiger partial charge in [0.25, 0.3) is 11.8 Å². The minimum atomic E-state index is -1.30. The molecule has 0 radical (unpaired) electrons. The second kappa shape index (κ2) is 7.98. The number of nitrogens with two attached hydrogens (primary N) is 1. The van der Waals surface area contributed by atoms with E-state index in [4.69, 9.17) is 5.73 Å². The maximum atomic E-state index is 12.7. The number of para-hydroxylation sites is 1. The second-order valence-corrected chi connectivity index (χ2v) is 7.85. The number of carbonyl (C=O) groups excluding carboxylic acids is 2. The zero-order chi connectivity index (χ0) is 18.9. The van der Waals surface area contributed by atoms with Gasteiger partial charge < -0.3 is 16.2 Å². The summed E-state index contributed by atoms with van der Waals surface area (Å²) in [4.78, 5) is 35.9. The fraction of sp³-hybridized carbons (Fsp3) is 0. The van der Waals surface area contributed by atoms with Gasteiger partial charge >= 0.3 is 5.97 Å². The van der Waals surface area contributed by atoms with Crippen LogP contribution in [0.15, 0.2) is 42.2 Å². The molecule has 4 N–H and O–H groups in total. The van der Waals surface area contributed by atoms with Crippen LogP contribution in [0.3, 0.4) is 0 Å². The maximum absolute atomic E-state index is 12.7. The van der Waals surface area contributed by atoms with Gasteiger partial charge in [0.2, 0.25) is 0 Å². The fourth-order valence-corrected chi connectivity index (χ4v) is 4.51. The minimum Gasteiger partial charge on any atom is -0.478 e. The molecule has 0 fully saturated rings. The Morgan fingerprint density at radius 2 is 1.40 bits per heavy atom. The summed E-state index contributed by atoms with van der Waals surface area (Å²) in [5.41, 5.74) is 5.22. The van der Waals surface area contributed by atoms with Gasteiger partial charge in [-0.25, -0.2) is 4.79 Å². The first-order chi connectivity index (χ1) is 11.7. The molecule has 130 valence electrons. The molecule has 0 aliphatic rings. The third kappa shape index (κ3) is 3.97. The molecule has 25 heavy (non-hydrogen) atoms. The SMILES string of the molecule is NC(=O)c1ccccc1NC(=O)c1c(Br)c(Br)c(Br)c(Br)c1C(=O)O. The van der Waals surface area contributed by atoms with E-state index in [1.54, 1.807) is 12.1 Å². The van der Waals surface area contributed by atoms with E-state index in [0.717, 1.165) is 0 Å². The molecule has 2 aromatic rings. The molecule has 0 unspecified atom stereocenters. The maximum Gasteiger partial charge on any atom is 0.337 e. The largest absolute Gasteiger partial charge is 0.478 e. The highest BCUT2D eigenvalue weighted by molar-refractivity contribution is 9.15. The number of benzene rings is 2. The van der Waals surface area contributed by atoms with Gasteiger partial charge in [-0.05, 0) is 75.9 Å². The van der Waals surface area contributed by atoms with Gasteiger partial charge in [0.05, 0.1) is 22.4 Å². The number of carbonyl (C=O) groups is 3. The van der Waals surface area contributed by atoms with Crippen LogP contribution < -0.4 is 11.1 Å². The third-order valence-electron chi connectivity index (χ3n) is 3.15. The number of carboxylic acid groups (broad SMARTS) is 1. The van der Waals surface area contributed by atoms with Gasteiger partial charge in [-0.1, -0.05) is 12.1 Å². The van der Waals surface area contributed by atoms with Crippen molar-refractivity contribution in [1.29, 1.82) is 0 Å². The van der Waals surface area contributed by atoms with E-state index in [2.05, 4.69) is 69.0 Å². The van der Waals surface area contributed by atoms with Crippen LogP contribution in [0.1, 0.15) is 31.1 Å². The number of rotatable bonds is 4. The average Bonchev–Trinajstić information content (AvgIpc) is 2.55. The highest BCUT2D eigenvalue weighted by Gasteiger charge is 2.28. The number of aromatic carboxylic acids is 1. The van der Waals surface area contributed by atoms with Crippen molar-refractivity contribution in [2.75, 3.05) is 5.32 Å². The van der Waals surface area contributed by atoms with Crippen LogP contribution in [-0.4, -0.2) is 22.9 Å². The van der Waals surface area contributed by atoms with E-state index in [1.807, 2.05) is 0 Å². The van der Waals surface area contributed by atoms with Gasteiger partial charge in [0.15, 0.2) is 0 Å². The second-order valence-electron chi connectivity index (χ2n) is 4.68. The van der Waals surface area contributed by atoms with Gasteiger partial charge in [-0.3, -0.25) is 9.59 Å². The molecular formula is C15H8Br4N2O4. The molecule has 0 bridgehead atoms. The molecule has 2 rings (SSSR count). The lowest BCUT2D eigenvalue weighted by molar-refractivity contribution is 0.0691. The molecule has 0 aliphatic carbocycles. The van der Waals surface area contributed by atoms with Gasteiger partial charge in [0, 0.05) is 17.9 Å². The number of primary amides is 1. The Morgan fingerprint density at radius 3 is 1.92 bits per heavy atom. The van der Waals surface area contributed by atoms with Crippen LogP contribution in [0.2, 0.25) is 0 Å². The van der Waals surface area contributed by atoms with Crippen molar-refractivity contribution in [3.8, 4) is 0 Å². The van der Waals surface area contributed by atoms with Crippen molar-refractivity contribution < 1.29 is 19.5 Å². The zero-order valence-electron chi connectivity index (χ0n) is 12.1. The van der Waals surface area contributed by atoms with Crippen LogP contribution in [0.4, 0.5) is 5.69 Å². The van der Waals surface area contributed by atoms with Crippen LogP contribution in [0.5, 0.6) is 0 Å². The Kier molecular flexibility index (Phi) is 6.41. The summed E-state index contributed by atoms with van der Waals surface area (Å²) in [6.45, 7) is 0. The smallest absolute Gasteiger partial charge is 0.337 e. The molecule has 0 aliphatic heterocycles. The van der Waals surface area contributed by atoms with E-state index in [-0.39, 0.29) is 31.3 Å². The Labute approximate surface area is 175 Å². The Balaban J connectivity index is 2.62. The predicted octanol–water partition coefficient (Wildman–Crippen LogP) is 4.79. The van der Waals surface area contributed by atoms with Crippen LogP contribution in [0, 0.1) is 0 Å². The molecule has 10 heteroatoms. The predicted molar refractivity (Wildman–Crippen MR) is 107 cm³/mol. The Hall–Kier alpha value is -1.23. The normalized spacial score (nSPS) is 10.4. The summed E-state index contributed by atoms with van der Waals surface area (Å²) in [5.74, 6) is -2.73. The first kappa shape index (κ1) is 20.1. The van der Waals surface area contributed by atoms with E-state index < -0.39 is 17.8 Å². The monoisotopic (exact) mass is 596 g/mol.